The summed E-state index contributed by atoms with van der Waals surface area (Å²) < 4.78 is 0. The van der Waals surface area contributed by atoms with E-state index in [1.54, 1.807) is 0 Å². The third-order valence-corrected chi connectivity index (χ3v) is 4.46. The fraction of sp³-hybridized carbons (Fsp3) is 0.500. The van der Waals surface area contributed by atoms with E-state index in [-0.39, 0.29) is 0 Å². The number of benzene rings is 1. The van der Waals surface area contributed by atoms with Gasteiger partial charge in [-0.3, -0.25) is 4.90 Å². The van der Waals surface area contributed by atoms with E-state index in [2.05, 4.69) is 46.5 Å². The molecule has 0 aromatic heterocycles. The summed E-state index contributed by atoms with van der Waals surface area (Å²) >= 11 is 1.92. The standard InChI is InChI=1S/C16H22N2S/c1-2-11-18-12-8-15(9-13-18)17-10-14-19-16-6-4-3-5-7-16/h1,3-7,15,17H,8-14H2. The van der Waals surface area contributed by atoms with Gasteiger partial charge in [0.2, 0.25) is 0 Å². The van der Waals surface area contributed by atoms with E-state index in [4.69, 9.17) is 6.42 Å². The van der Waals surface area contributed by atoms with E-state index in [1.165, 1.54) is 17.7 Å². The molecule has 0 bridgehead atoms. The van der Waals surface area contributed by atoms with Crippen LogP contribution < -0.4 is 5.32 Å². The van der Waals surface area contributed by atoms with Crippen molar-refractivity contribution in [1.29, 1.82) is 0 Å². The van der Waals surface area contributed by atoms with Crippen LogP contribution in [0.4, 0.5) is 0 Å². The minimum Gasteiger partial charge on any atom is -0.313 e. The van der Waals surface area contributed by atoms with Crippen molar-refractivity contribution in [2.24, 2.45) is 0 Å². The van der Waals surface area contributed by atoms with Crippen molar-refractivity contribution in [2.75, 3.05) is 31.9 Å². The number of hydrogen-bond acceptors (Lipinski definition) is 3. The van der Waals surface area contributed by atoms with Crippen molar-refractivity contribution in [3.63, 3.8) is 0 Å². The van der Waals surface area contributed by atoms with Gasteiger partial charge in [-0.05, 0) is 25.0 Å². The Balaban J connectivity index is 1.56. The van der Waals surface area contributed by atoms with Crippen LogP contribution >= 0.6 is 11.8 Å². The summed E-state index contributed by atoms with van der Waals surface area (Å²) in [5.41, 5.74) is 0. The zero-order valence-corrected chi connectivity index (χ0v) is 12.2. The normalized spacial score (nSPS) is 17.2. The van der Waals surface area contributed by atoms with Crippen LogP contribution in [0.2, 0.25) is 0 Å². The van der Waals surface area contributed by atoms with Gasteiger partial charge in [-0.1, -0.05) is 24.1 Å². The molecule has 1 saturated heterocycles. The smallest absolute Gasteiger partial charge is 0.0598 e. The van der Waals surface area contributed by atoms with Gasteiger partial charge in [-0.2, -0.15) is 0 Å². The molecule has 0 amide bonds. The lowest BCUT2D eigenvalue weighted by atomic mass is 10.1. The van der Waals surface area contributed by atoms with Gasteiger partial charge >= 0.3 is 0 Å². The summed E-state index contributed by atoms with van der Waals surface area (Å²) in [5.74, 6) is 3.86. The molecule has 1 aliphatic rings. The third-order valence-electron chi connectivity index (χ3n) is 3.45. The van der Waals surface area contributed by atoms with Crippen molar-refractivity contribution < 1.29 is 0 Å². The van der Waals surface area contributed by atoms with Gasteiger partial charge in [-0.15, -0.1) is 18.2 Å². The molecule has 1 aromatic rings. The highest BCUT2D eigenvalue weighted by Gasteiger charge is 2.17. The maximum atomic E-state index is 5.34. The Bertz CT molecular complexity index is 391. The molecule has 0 unspecified atom stereocenters. The molecule has 102 valence electrons. The van der Waals surface area contributed by atoms with Gasteiger partial charge in [-0.25, -0.2) is 0 Å². The summed E-state index contributed by atoms with van der Waals surface area (Å²) in [6, 6.07) is 11.3. The maximum absolute atomic E-state index is 5.34. The molecule has 1 heterocycles. The number of piperidine rings is 1. The van der Waals surface area contributed by atoms with Crippen LogP contribution in [0.3, 0.4) is 0 Å². The quantitative estimate of drug-likeness (QED) is 0.487. The van der Waals surface area contributed by atoms with E-state index in [0.717, 1.165) is 31.9 Å². The molecular formula is C16H22N2S. The van der Waals surface area contributed by atoms with Crippen LogP contribution in [-0.4, -0.2) is 42.9 Å². The SMILES string of the molecule is C#CCN1CCC(NCCSc2ccccc2)CC1. The Kier molecular flexibility index (Phi) is 6.29. The highest BCUT2D eigenvalue weighted by molar-refractivity contribution is 7.99. The molecule has 2 nitrogen and oxygen atoms in total. The predicted octanol–water partition coefficient (Wildman–Crippen LogP) is 2.47. The predicted molar refractivity (Wildman–Crippen MR) is 83.5 cm³/mol. The monoisotopic (exact) mass is 274 g/mol. The van der Waals surface area contributed by atoms with E-state index in [9.17, 15) is 0 Å². The molecule has 3 heteroatoms. The van der Waals surface area contributed by atoms with Gasteiger partial charge < -0.3 is 5.32 Å². The van der Waals surface area contributed by atoms with Gasteiger partial charge in [0.05, 0.1) is 6.54 Å². The molecule has 1 fully saturated rings. The first-order valence-corrected chi connectivity index (χ1v) is 7.94. The highest BCUT2D eigenvalue weighted by atomic mass is 32.2. The van der Waals surface area contributed by atoms with Gasteiger partial charge in [0, 0.05) is 36.3 Å². The second-order valence-corrected chi connectivity index (χ2v) is 6.04. The number of nitrogens with zero attached hydrogens (tertiary/aromatic N) is 1. The Morgan fingerprint density at radius 1 is 1.26 bits per heavy atom. The summed E-state index contributed by atoms with van der Waals surface area (Å²) in [7, 11) is 0. The third kappa shape index (κ3) is 5.28. The molecule has 0 atom stereocenters. The number of hydrogen-bond donors (Lipinski definition) is 1. The molecular weight excluding hydrogens is 252 g/mol. The summed E-state index contributed by atoms with van der Waals surface area (Å²) in [4.78, 5) is 3.71. The van der Waals surface area contributed by atoms with Crippen LogP contribution in [0.5, 0.6) is 0 Å². The lowest BCUT2D eigenvalue weighted by Gasteiger charge is -2.31. The first-order valence-electron chi connectivity index (χ1n) is 6.95. The first kappa shape index (κ1) is 14.5. The van der Waals surface area contributed by atoms with E-state index < -0.39 is 0 Å². The van der Waals surface area contributed by atoms with Crippen LogP contribution in [0.15, 0.2) is 35.2 Å². The highest BCUT2D eigenvalue weighted by Crippen LogP contribution is 2.16. The number of likely N-dealkylation sites (tertiary alicyclic amines) is 1. The molecule has 1 aliphatic heterocycles. The molecule has 0 aliphatic carbocycles. The number of thioether (sulfide) groups is 1. The maximum Gasteiger partial charge on any atom is 0.0598 e. The van der Waals surface area contributed by atoms with Crippen molar-refractivity contribution in [3.05, 3.63) is 30.3 Å². The van der Waals surface area contributed by atoms with Crippen molar-refractivity contribution in [3.8, 4) is 12.3 Å². The number of rotatable bonds is 6. The molecule has 0 spiro atoms. The molecule has 2 rings (SSSR count). The average Bonchev–Trinajstić information content (AvgIpc) is 2.47. The van der Waals surface area contributed by atoms with E-state index >= 15 is 0 Å². The average molecular weight is 274 g/mol. The van der Waals surface area contributed by atoms with Crippen LogP contribution in [0.25, 0.3) is 0 Å². The Labute approximate surface area is 121 Å². The topological polar surface area (TPSA) is 15.3 Å². The van der Waals surface area contributed by atoms with E-state index in [0.29, 0.717) is 6.04 Å². The van der Waals surface area contributed by atoms with Gasteiger partial charge in [0.25, 0.3) is 0 Å². The Hall–Kier alpha value is -0.950. The molecule has 19 heavy (non-hydrogen) atoms. The Morgan fingerprint density at radius 3 is 2.68 bits per heavy atom. The summed E-state index contributed by atoms with van der Waals surface area (Å²) in [6.07, 6.45) is 7.78. The number of nitrogens with one attached hydrogen (secondary N) is 1. The minimum atomic E-state index is 0.672. The zero-order valence-electron chi connectivity index (χ0n) is 11.3. The summed E-state index contributed by atoms with van der Waals surface area (Å²) in [5, 5.41) is 3.66. The van der Waals surface area contributed by atoms with Crippen LogP contribution in [0, 0.1) is 12.3 Å². The number of terminal acetylenes is 1. The fourth-order valence-corrected chi connectivity index (χ4v) is 3.18. The van der Waals surface area contributed by atoms with E-state index in [1.807, 2.05) is 11.8 Å². The summed E-state index contributed by atoms with van der Waals surface area (Å²) in [6.45, 7) is 4.15. The minimum absolute atomic E-state index is 0.672. The lowest BCUT2D eigenvalue weighted by molar-refractivity contribution is 0.220. The van der Waals surface area contributed by atoms with Crippen LogP contribution in [0.1, 0.15) is 12.8 Å². The second kappa shape index (κ2) is 8.27. The zero-order chi connectivity index (χ0) is 13.3. The van der Waals surface area contributed by atoms with Gasteiger partial charge in [0.1, 0.15) is 0 Å². The molecule has 1 N–H and O–H groups in total. The molecule has 0 radical (unpaired) electrons. The van der Waals surface area contributed by atoms with Crippen molar-refractivity contribution >= 4 is 11.8 Å². The largest absolute Gasteiger partial charge is 0.313 e. The molecule has 0 saturated carbocycles. The van der Waals surface area contributed by atoms with Crippen molar-refractivity contribution in [1.82, 2.24) is 10.2 Å². The van der Waals surface area contributed by atoms with Gasteiger partial charge in [0.15, 0.2) is 0 Å². The van der Waals surface area contributed by atoms with Crippen LogP contribution in [-0.2, 0) is 0 Å². The van der Waals surface area contributed by atoms with Crippen molar-refractivity contribution in [2.45, 2.75) is 23.8 Å². The lowest BCUT2D eigenvalue weighted by Crippen LogP contribution is -2.43. The first-order chi connectivity index (χ1) is 9.38. The second-order valence-electron chi connectivity index (χ2n) is 4.87. The fourth-order valence-electron chi connectivity index (χ4n) is 2.37. The Morgan fingerprint density at radius 2 is 2.00 bits per heavy atom. The molecule has 1 aromatic carbocycles.